The quantitative estimate of drug-likeness (QED) is 0.855. The first kappa shape index (κ1) is 14.2. The molecule has 0 bridgehead atoms. The molecule has 0 aliphatic carbocycles. The lowest BCUT2D eigenvalue weighted by atomic mass is 10.3. The van der Waals surface area contributed by atoms with Gasteiger partial charge in [-0.15, -0.1) is 0 Å². The number of aliphatic carboxylic acids is 1. The van der Waals surface area contributed by atoms with E-state index in [2.05, 4.69) is 5.10 Å². The minimum absolute atomic E-state index is 0.131. The summed E-state index contributed by atoms with van der Waals surface area (Å²) in [6.07, 6.45) is 0.699. The van der Waals surface area contributed by atoms with Gasteiger partial charge in [0.05, 0.1) is 22.2 Å². The van der Waals surface area contributed by atoms with Crippen LogP contribution in [-0.2, 0) is 34.3 Å². The first-order chi connectivity index (χ1) is 7.99. The Morgan fingerprint density at radius 1 is 1.53 bits per heavy atom. The number of nitrogens with zero attached hydrogens (tertiary/aromatic N) is 2. The summed E-state index contributed by atoms with van der Waals surface area (Å²) in [5.41, 5.74) is 1.42. The van der Waals surface area contributed by atoms with Gasteiger partial charge in [-0.2, -0.15) is 5.10 Å². The van der Waals surface area contributed by atoms with Gasteiger partial charge in [-0.25, -0.2) is 0 Å². The summed E-state index contributed by atoms with van der Waals surface area (Å²) >= 11 is 6.12. The Labute approximate surface area is 107 Å². The van der Waals surface area contributed by atoms with Crippen molar-refractivity contribution in [3.05, 3.63) is 16.4 Å². The second kappa shape index (κ2) is 6.16. The van der Waals surface area contributed by atoms with Gasteiger partial charge in [0.15, 0.2) is 0 Å². The van der Waals surface area contributed by atoms with Crippen molar-refractivity contribution in [2.75, 3.05) is 5.75 Å². The maximum atomic E-state index is 11.6. The lowest BCUT2D eigenvalue weighted by Crippen LogP contribution is -2.13. The van der Waals surface area contributed by atoms with E-state index in [0.29, 0.717) is 23.7 Å². The molecule has 0 aliphatic rings. The van der Waals surface area contributed by atoms with E-state index in [1.165, 1.54) is 0 Å². The number of hydrogen-bond acceptors (Lipinski definition) is 3. The third kappa shape index (κ3) is 3.54. The zero-order valence-electron chi connectivity index (χ0n) is 9.77. The molecule has 1 rings (SSSR count). The average molecular weight is 279 g/mol. The zero-order valence-corrected chi connectivity index (χ0v) is 11.3. The molecule has 1 aromatic rings. The van der Waals surface area contributed by atoms with Gasteiger partial charge in [0.25, 0.3) is 0 Å². The van der Waals surface area contributed by atoms with E-state index in [-0.39, 0.29) is 11.5 Å². The number of carbonyl (C=O) groups is 1. The van der Waals surface area contributed by atoms with Crippen LogP contribution >= 0.6 is 11.6 Å². The highest BCUT2D eigenvalue weighted by molar-refractivity contribution is 7.84. The number of carboxylic acid groups (broad SMARTS) is 1. The van der Waals surface area contributed by atoms with Crippen LogP contribution in [0.15, 0.2) is 0 Å². The zero-order chi connectivity index (χ0) is 13.0. The Morgan fingerprint density at radius 2 is 2.18 bits per heavy atom. The number of hydrogen-bond donors (Lipinski definition) is 1. The van der Waals surface area contributed by atoms with E-state index in [0.717, 1.165) is 5.69 Å². The number of rotatable bonds is 6. The van der Waals surface area contributed by atoms with Crippen LogP contribution in [0.2, 0.25) is 5.02 Å². The number of halogens is 1. The molecule has 0 saturated heterocycles. The van der Waals surface area contributed by atoms with Gasteiger partial charge in [-0.1, -0.05) is 18.5 Å². The van der Waals surface area contributed by atoms with E-state index < -0.39 is 16.8 Å². The predicted molar refractivity (Wildman–Crippen MR) is 66.6 cm³/mol. The maximum absolute atomic E-state index is 11.6. The molecule has 17 heavy (non-hydrogen) atoms. The van der Waals surface area contributed by atoms with Gasteiger partial charge < -0.3 is 5.11 Å². The third-order valence-electron chi connectivity index (χ3n) is 2.28. The van der Waals surface area contributed by atoms with Gasteiger partial charge in [0.2, 0.25) is 0 Å². The second-order valence-corrected chi connectivity index (χ2v) is 5.33. The third-order valence-corrected chi connectivity index (χ3v) is 3.88. The van der Waals surface area contributed by atoms with Crippen LogP contribution < -0.4 is 0 Å². The fraction of sp³-hybridized carbons (Fsp3) is 0.600. The summed E-state index contributed by atoms with van der Waals surface area (Å²) in [6.45, 7) is 4.47. The van der Waals surface area contributed by atoms with Crippen molar-refractivity contribution in [3.8, 4) is 0 Å². The fourth-order valence-electron chi connectivity index (χ4n) is 1.50. The van der Waals surface area contributed by atoms with Gasteiger partial charge in [0, 0.05) is 17.3 Å². The number of aromatic nitrogens is 2. The molecule has 1 aromatic heterocycles. The van der Waals surface area contributed by atoms with Gasteiger partial charge >= 0.3 is 5.97 Å². The summed E-state index contributed by atoms with van der Waals surface area (Å²) in [5.74, 6) is -1.31. The standard InChI is InChI=1S/C10H15ClN2O3S/c1-3-7-10(11)8(13(4-2)12-7)5-17(16)6-9(14)15/h3-6H2,1-2H3,(H,14,15). The largest absolute Gasteiger partial charge is 0.481 e. The molecule has 0 fully saturated rings. The highest BCUT2D eigenvalue weighted by atomic mass is 35.5. The molecule has 0 radical (unpaired) electrons. The van der Waals surface area contributed by atoms with E-state index in [4.69, 9.17) is 16.7 Å². The van der Waals surface area contributed by atoms with Crippen LogP contribution in [-0.4, -0.2) is 30.8 Å². The monoisotopic (exact) mass is 278 g/mol. The summed E-state index contributed by atoms with van der Waals surface area (Å²) in [6, 6.07) is 0. The summed E-state index contributed by atoms with van der Waals surface area (Å²) in [7, 11) is -1.46. The van der Waals surface area contributed by atoms with E-state index in [1.54, 1.807) is 4.68 Å². The molecule has 0 aromatic carbocycles. The smallest absolute Gasteiger partial charge is 0.316 e. The van der Waals surface area contributed by atoms with Crippen molar-refractivity contribution in [1.29, 1.82) is 0 Å². The molecule has 1 N–H and O–H groups in total. The van der Waals surface area contributed by atoms with Crippen LogP contribution in [0.3, 0.4) is 0 Å². The molecule has 1 atom stereocenters. The Hall–Kier alpha value is -0.880. The van der Waals surface area contributed by atoms with Gasteiger partial charge in [-0.3, -0.25) is 13.7 Å². The molecule has 0 saturated carbocycles. The van der Waals surface area contributed by atoms with Crippen LogP contribution in [0.25, 0.3) is 0 Å². The average Bonchev–Trinajstić information content (AvgIpc) is 2.55. The Bertz CT molecular complexity index is 445. The van der Waals surface area contributed by atoms with Crippen molar-refractivity contribution in [2.45, 2.75) is 32.6 Å². The summed E-state index contributed by atoms with van der Waals surface area (Å²) < 4.78 is 13.3. The molecule has 0 amide bonds. The Balaban J connectivity index is 2.92. The molecule has 1 heterocycles. The Morgan fingerprint density at radius 3 is 2.65 bits per heavy atom. The normalized spacial score (nSPS) is 12.6. The summed E-state index contributed by atoms with van der Waals surface area (Å²) in [5, 5.41) is 13.3. The van der Waals surface area contributed by atoms with Crippen LogP contribution in [0, 0.1) is 0 Å². The highest BCUT2D eigenvalue weighted by Gasteiger charge is 2.17. The fourth-order valence-corrected chi connectivity index (χ4v) is 2.89. The lowest BCUT2D eigenvalue weighted by molar-refractivity contribution is -0.133. The molecular weight excluding hydrogens is 264 g/mol. The minimum Gasteiger partial charge on any atom is -0.481 e. The van der Waals surface area contributed by atoms with Crippen LogP contribution in [0.1, 0.15) is 25.2 Å². The van der Waals surface area contributed by atoms with E-state index >= 15 is 0 Å². The number of carboxylic acids is 1. The van der Waals surface area contributed by atoms with Crippen molar-refractivity contribution in [1.82, 2.24) is 9.78 Å². The van der Waals surface area contributed by atoms with Gasteiger partial charge in [-0.05, 0) is 13.3 Å². The number of aryl methyl sites for hydroxylation is 2. The topological polar surface area (TPSA) is 72.2 Å². The molecule has 1 unspecified atom stereocenters. The first-order valence-corrected chi connectivity index (χ1v) is 7.17. The van der Waals surface area contributed by atoms with E-state index in [1.807, 2.05) is 13.8 Å². The SMILES string of the molecule is CCc1nn(CC)c(CS(=O)CC(=O)O)c1Cl. The lowest BCUT2D eigenvalue weighted by Gasteiger charge is -2.04. The molecule has 0 aliphatic heterocycles. The maximum Gasteiger partial charge on any atom is 0.316 e. The molecular formula is C10H15ClN2O3S. The Kier molecular flexibility index (Phi) is 5.14. The molecule has 5 nitrogen and oxygen atoms in total. The second-order valence-electron chi connectivity index (χ2n) is 3.50. The molecule has 96 valence electrons. The van der Waals surface area contributed by atoms with Gasteiger partial charge in [0.1, 0.15) is 5.75 Å². The molecule has 0 spiro atoms. The van der Waals surface area contributed by atoms with Crippen LogP contribution in [0.5, 0.6) is 0 Å². The van der Waals surface area contributed by atoms with Crippen molar-refractivity contribution < 1.29 is 14.1 Å². The minimum atomic E-state index is -1.46. The summed E-state index contributed by atoms with van der Waals surface area (Å²) in [4.78, 5) is 10.5. The highest BCUT2D eigenvalue weighted by Crippen LogP contribution is 2.22. The van der Waals surface area contributed by atoms with Crippen LogP contribution in [0.4, 0.5) is 0 Å². The van der Waals surface area contributed by atoms with Crippen molar-refractivity contribution in [3.63, 3.8) is 0 Å². The van der Waals surface area contributed by atoms with Crippen molar-refractivity contribution >= 4 is 28.4 Å². The van der Waals surface area contributed by atoms with E-state index in [9.17, 15) is 9.00 Å². The van der Waals surface area contributed by atoms with Crippen molar-refractivity contribution in [2.24, 2.45) is 0 Å². The first-order valence-electron chi connectivity index (χ1n) is 5.30. The molecule has 7 heteroatoms. The predicted octanol–water partition coefficient (Wildman–Crippen LogP) is 1.45.